The molecule has 0 aliphatic carbocycles. The van der Waals surface area contributed by atoms with E-state index >= 15 is 0 Å². The summed E-state index contributed by atoms with van der Waals surface area (Å²) in [7, 11) is -3.93. The third-order valence-corrected chi connectivity index (χ3v) is 5.61. The van der Waals surface area contributed by atoms with E-state index in [2.05, 4.69) is 0 Å². The molecule has 1 aliphatic heterocycles. The Hall–Kier alpha value is -1.67. The predicted molar refractivity (Wildman–Crippen MR) is 81.3 cm³/mol. The van der Waals surface area contributed by atoms with Crippen LogP contribution in [0.4, 0.5) is 4.39 Å². The molecule has 0 saturated carbocycles. The van der Waals surface area contributed by atoms with Crippen LogP contribution in [0.2, 0.25) is 0 Å². The number of carboxylic acids is 1. The van der Waals surface area contributed by atoms with E-state index in [-0.39, 0.29) is 42.7 Å². The van der Waals surface area contributed by atoms with Crippen molar-refractivity contribution in [3.63, 3.8) is 0 Å². The van der Waals surface area contributed by atoms with E-state index in [0.29, 0.717) is 0 Å². The molecule has 1 N–H and O–H groups in total. The summed E-state index contributed by atoms with van der Waals surface area (Å²) < 4.78 is 45.7. The van der Waals surface area contributed by atoms with Crippen molar-refractivity contribution in [2.24, 2.45) is 5.92 Å². The van der Waals surface area contributed by atoms with Crippen LogP contribution in [-0.4, -0.2) is 43.0 Å². The highest BCUT2D eigenvalue weighted by molar-refractivity contribution is 7.89. The van der Waals surface area contributed by atoms with Gasteiger partial charge in [0.25, 0.3) is 0 Å². The average molecular weight is 345 g/mol. The second-order valence-corrected chi connectivity index (χ2v) is 7.68. The molecule has 0 radical (unpaired) electrons. The second kappa shape index (κ2) is 6.84. The molecule has 2 rings (SSSR count). The predicted octanol–water partition coefficient (Wildman–Crippen LogP) is 2.10. The highest BCUT2D eigenvalue weighted by atomic mass is 32.2. The minimum absolute atomic E-state index is 0.0942. The van der Waals surface area contributed by atoms with Crippen molar-refractivity contribution in [1.82, 2.24) is 4.31 Å². The molecule has 1 fully saturated rings. The van der Waals surface area contributed by atoms with Crippen molar-refractivity contribution >= 4 is 16.0 Å². The van der Waals surface area contributed by atoms with Crippen molar-refractivity contribution in [3.05, 3.63) is 24.0 Å². The summed E-state index contributed by atoms with van der Waals surface area (Å²) in [6, 6.07) is 3.38. The number of benzene rings is 1. The van der Waals surface area contributed by atoms with Crippen LogP contribution >= 0.6 is 0 Å². The van der Waals surface area contributed by atoms with Gasteiger partial charge in [0.1, 0.15) is 16.5 Å². The van der Waals surface area contributed by atoms with E-state index in [1.807, 2.05) is 0 Å². The van der Waals surface area contributed by atoms with Crippen LogP contribution in [0.25, 0.3) is 0 Å². The van der Waals surface area contributed by atoms with Gasteiger partial charge in [-0.1, -0.05) is 0 Å². The lowest BCUT2D eigenvalue weighted by Gasteiger charge is -2.30. The van der Waals surface area contributed by atoms with E-state index < -0.39 is 27.7 Å². The molecule has 1 saturated heterocycles. The molecule has 1 aromatic carbocycles. The summed E-state index contributed by atoms with van der Waals surface area (Å²) in [4.78, 5) is 10.7. The van der Waals surface area contributed by atoms with Crippen molar-refractivity contribution in [1.29, 1.82) is 0 Å². The molecule has 0 amide bonds. The van der Waals surface area contributed by atoms with Gasteiger partial charge in [0.05, 0.1) is 12.0 Å². The summed E-state index contributed by atoms with van der Waals surface area (Å²) in [5, 5.41) is 8.99. The van der Waals surface area contributed by atoms with E-state index in [1.165, 1.54) is 10.4 Å². The highest BCUT2D eigenvalue weighted by Gasteiger charge is 2.34. The summed E-state index contributed by atoms with van der Waals surface area (Å²) >= 11 is 0. The van der Waals surface area contributed by atoms with Crippen LogP contribution in [0.3, 0.4) is 0 Å². The van der Waals surface area contributed by atoms with Gasteiger partial charge in [-0.25, -0.2) is 12.8 Å². The Labute approximate surface area is 134 Å². The third-order valence-electron chi connectivity index (χ3n) is 3.69. The number of piperidine rings is 1. The van der Waals surface area contributed by atoms with Gasteiger partial charge in [0.15, 0.2) is 0 Å². The van der Waals surface area contributed by atoms with Crippen LogP contribution in [0.15, 0.2) is 23.1 Å². The fraction of sp³-hybridized carbons (Fsp3) is 0.533. The first-order valence-corrected chi connectivity index (χ1v) is 8.85. The molecule has 1 aromatic rings. The standard InChI is InChI=1S/C15H20FNO5S/c1-10(2)22-13-4-3-12(16)9-14(13)23(20,21)17-7-5-11(6-8-17)15(18)19/h3-4,9-11H,5-8H2,1-2H3,(H,18,19). The number of aliphatic carboxylic acids is 1. The number of ether oxygens (including phenoxy) is 1. The topological polar surface area (TPSA) is 83.9 Å². The SMILES string of the molecule is CC(C)Oc1ccc(F)cc1S(=O)(=O)N1CCC(C(=O)O)CC1. The Balaban J connectivity index is 2.29. The van der Waals surface area contributed by atoms with Crippen LogP contribution in [0.5, 0.6) is 5.75 Å². The molecule has 1 heterocycles. The van der Waals surface area contributed by atoms with Gasteiger partial charge in [0, 0.05) is 13.1 Å². The highest BCUT2D eigenvalue weighted by Crippen LogP contribution is 2.31. The number of sulfonamides is 1. The molecular weight excluding hydrogens is 325 g/mol. The first-order valence-electron chi connectivity index (χ1n) is 7.41. The van der Waals surface area contributed by atoms with Crippen LogP contribution < -0.4 is 4.74 Å². The largest absolute Gasteiger partial charge is 0.490 e. The molecule has 1 aliphatic rings. The number of hydrogen-bond donors (Lipinski definition) is 1. The molecule has 8 heteroatoms. The van der Waals surface area contributed by atoms with E-state index in [4.69, 9.17) is 9.84 Å². The first kappa shape index (κ1) is 17.7. The fourth-order valence-corrected chi connectivity index (χ4v) is 4.12. The van der Waals surface area contributed by atoms with Crippen molar-refractivity contribution < 1.29 is 27.4 Å². The van der Waals surface area contributed by atoms with Crippen molar-refractivity contribution in [3.8, 4) is 5.75 Å². The minimum atomic E-state index is -3.93. The fourth-order valence-electron chi connectivity index (χ4n) is 2.52. The quantitative estimate of drug-likeness (QED) is 0.883. The molecule has 0 atom stereocenters. The number of carboxylic acid groups (broad SMARTS) is 1. The summed E-state index contributed by atoms with van der Waals surface area (Å²) in [5.41, 5.74) is 0. The summed E-state index contributed by atoms with van der Waals surface area (Å²) in [6.07, 6.45) is 0.223. The molecule has 0 bridgehead atoms. The number of halogens is 1. The van der Waals surface area contributed by atoms with Crippen LogP contribution in [0, 0.1) is 11.7 Å². The zero-order valence-corrected chi connectivity index (χ0v) is 13.8. The number of hydrogen-bond acceptors (Lipinski definition) is 4. The minimum Gasteiger partial charge on any atom is -0.490 e. The van der Waals surface area contributed by atoms with Gasteiger partial charge in [0.2, 0.25) is 10.0 Å². The van der Waals surface area contributed by atoms with E-state index in [9.17, 15) is 17.6 Å². The number of carbonyl (C=O) groups is 1. The summed E-state index contributed by atoms with van der Waals surface area (Å²) in [5.74, 6) is -2.03. The van der Waals surface area contributed by atoms with E-state index in [1.54, 1.807) is 13.8 Å². The number of nitrogens with zero attached hydrogens (tertiary/aromatic N) is 1. The molecule has 0 aromatic heterocycles. The van der Waals surface area contributed by atoms with Gasteiger partial charge < -0.3 is 9.84 Å². The normalized spacial score (nSPS) is 17.4. The van der Waals surface area contributed by atoms with Crippen molar-refractivity contribution in [2.45, 2.75) is 37.7 Å². The maximum atomic E-state index is 13.5. The molecule has 128 valence electrons. The van der Waals surface area contributed by atoms with Crippen LogP contribution in [-0.2, 0) is 14.8 Å². The maximum absolute atomic E-state index is 13.5. The maximum Gasteiger partial charge on any atom is 0.306 e. The number of rotatable bonds is 5. The molecule has 6 nitrogen and oxygen atoms in total. The molecule has 23 heavy (non-hydrogen) atoms. The lowest BCUT2D eigenvalue weighted by Crippen LogP contribution is -2.40. The summed E-state index contributed by atoms with van der Waals surface area (Å²) in [6.45, 7) is 3.68. The molecule has 0 spiro atoms. The Morgan fingerprint density at radius 3 is 2.48 bits per heavy atom. The van der Waals surface area contributed by atoms with Gasteiger partial charge >= 0.3 is 5.97 Å². The van der Waals surface area contributed by atoms with Crippen molar-refractivity contribution in [2.75, 3.05) is 13.1 Å². The first-order chi connectivity index (χ1) is 10.7. The zero-order valence-electron chi connectivity index (χ0n) is 13.0. The lowest BCUT2D eigenvalue weighted by molar-refractivity contribution is -0.142. The van der Waals surface area contributed by atoms with Gasteiger partial charge in [-0.3, -0.25) is 4.79 Å². The Kier molecular flexibility index (Phi) is 5.26. The lowest BCUT2D eigenvalue weighted by atomic mass is 9.99. The Morgan fingerprint density at radius 1 is 1.35 bits per heavy atom. The Bertz CT molecular complexity index is 681. The smallest absolute Gasteiger partial charge is 0.306 e. The van der Waals surface area contributed by atoms with Gasteiger partial charge in [-0.15, -0.1) is 0 Å². The molecule has 0 unspecified atom stereocenters. The monoisotopic (exact) mass is 345 g/mol. The van der Waals surface area contributed by atoms with Gasteiger partial charge in [-0.05, 0) is 44.9 Å². The molecular formula is C15H20FNO5S. The van der Waals surface area contributed by atoms with Gasteiger partial charge in [-0.2, -0.15) is 4.31 Å². The van der Waals surface area contributed by atoms with E-state index in [0.717, 1.165) is 12.1 Å². The second-order valence-electron chi connectivity index (χ2n) is 5.77. The average Bonchev–Trinajstić information content (AvgIpc) is 2.48. The Morgan fingerprint density at radius 2 is 1.96 bits per heavy atom. The third kappa shape index (κ3) is 4.00. The zero-order chi connectivity index (χ0) is 17.2. The van der Waals surface area contributed by atoms with Crippen LogP contribution in [0.1, 0.15) is 26.7 Å².